The highest BCUT2D eigenvalue weighted by atomic mass is 79.9. The van der Waals surface area contributed by atoms with Gasteiger partial charge < -0.3 is 15.0 Å². The van der Waals surface area contributed by atoms with Crippen LogP contribution >= 0.6 is 15.9 Å². The van der Waals surface area contributed by atoms with Gasteiger partial charge in [0, 0.05) is 41.1 Å². The minimum absolute atomic E-state index is 0.0156. The van der Waals surface area contributed by atoms with Crippen molar-refractivity contribution in [2.75, 3.05) is 18.4 Å². The summed E-state index contributed by atoms with van der Waals surface area (Å²) in [4.78, 5) is 31.6. The van der Waals surface area contributed by atoms with E-state index in [4.69, 9.17) is 4.74 Å². The van der Waals surface area contributed by atoms with Gasteiger partial charge in [0.2, 0.25) is 5.88 Å². The van der Waals surface area contributed by atoms with Crippen molar-refractivity contribution in [3.63, 3.8) is 0 Å². The second-order valence-corrected chi connectivity index (χ2v) is 8.29. The van der Waals surface area contributed by atoms with Gasteiger partial charge in [0.15, 0.2) is 0 Å². The summed E-state index contributed by atoms with van der Waals surface area (Å²) < 4.78 is 6.61. The molecule has 2 heterocycles. The SMILES string of the molecule is Cc1c(NC(=O)c2ccc(Oc3cccc(Br)c3)nc2)cccc1C(=O)N1CCCC1. The number of likely N-dealkylation sites (tertiary alicyclic amines) is 1. The van der Waals surface area contributed by atoms with E-state index < -0.39 is 0 Å². The number of nitrogens with one attached hydrogen (secondary N) is 1. The number of hydrogen-bond donors (Lipinski definition) is 1. The van der Waals surface area contributed by atoms with Crippen LogP contribution in [-0.2, 0) is 0 Å². The first-order valence-corrected chi connectivity index (χ1v) is 10.9. The predicted molar refractivity (Wildman–Crippen MR) is 123 cm³/mol. The first-order valence-electron chi connectivity index (χ1n) is 10.1. The highest BCUT2D eigenvalue weighted by Gasteiger charge is 2.22. The van der Waals surface area contributed by atoms with Crippen molar-refractivity contribution >= 4 is 33.4 Å². The summed E-state index contributed by atoms with van der Waals surface area (Å²) in [6.45, 7) is 3.43. The van der Waals surface area contributed by atoms with E-state index in [1.54, 1.807) is 30.3 Å². The minimum atomic E-state index is -0.296. The maximum Gasteiger partial charge on any atom is 0.257 e. The molecule has 3 aromatic rings. The molecule has 2 amide bonds. The van der Waals surface area contributed by atoms with Crippen LogP contribution in [0.3, 0.4) is 0 Å². The number of carbonyl (C=O) groups excluding carboxylic acids is 2. The summed E-state index contributed by atoms with van der Waals surface area (Å²) in [7, 11) is 0. The van der Waals surface area contributed by atoms with Gasteiger partial charge in [-0.1, -0.05) is 28.1 Å². The van der Waals surface area contributed by atoms with Crippen LogP contribution in [-0.4, -0.2) is 34.8 Å². The van der Waals surface area contributed by atoms with Crippen molar-refractivity contribution in [2.24, 2.45) is 0 Å². The Morgan fingerprint density at radius 3 is 2.55 bits per heavy atom. The number of aromatic nitrogens is 1. The predicted octanol–water partition coefficient (Wildman–Crippen LogP) is 5.43. The summed E-state index contributed by atoms with van der Waals surface area (Å²) in [5.41, 5.74) is 2.40. The molecule has 1 N–H and O–H groups in total. The van der Waals surface area contributed by atoms with Crippen molar-refractivity contribution in [3.05, 3.63) is 82.0 Å². The fraction of sp³-hybridized carbons (Fsp3) is 0.208. The van der Waals surface area contributed by atoms with Gasteiger partial charge in [-0.3, -0.25) is 9.59 Å². The highest BCUT2D eigenvalue weighted by molar-refractivity contribution is 9.10. The molecule has 0 spiro atoms. The van der Waals surface area contributed by atoms with E-state index in [2.05, 4.69) is 26.2 Å². The molecule has 1 aliphatic heterocycles. The molecule has 6 nitrogen and oxygen atoms in total. The van der Waals surface area contributed by atoms with Gasteiger partial charge in [0.05, 0.1) is 5.56 Å². The molecule has 0 atom stereocenters. The van der Waals surface area contributed by atoms with Crippen LogP contribution in [0.4, 0.5) is 5.69 Å². The van der Waals surface area contributed by atoms with Gasteiger partial charge in [-0.25, -0.2) is 4.98 Å². The lowest BCUT2D eigenvalue weighted by atomic mass is 10.1. The van der Waals surface area contributed by atoms with Gasteiger partial charge >= 0.3 is 0 Å². The number of rotatable bonds is 5. The average Bonchev–Trinajstić information content (AvgIpc) is 3.30. The Morgan fingerprint density at radius 2 is 1.84 bits per heavy atom. The van der Waals surface area contributed by atoms with Crippen LogP contribution in [0.5, 0.6) is 11.6 Å². The topological polar surface area (TPSA) is 71.5 Å². The quantitative estimate of drug-likeness (QED) is 0.529. The van der Waals surface area contributed by atoms with Crippen LogP contribution < -0.4 is 10.1 Å². The molecule has 0 saturated carbocycles. The number of nitrogens with zero attached hydrogens (tertiary/aromatic N) is 2. The zero-order chi connectivity index (χ0) is 21.8. The largest absolute Gasteiger partial charge is 0.439 e. The molecule has 1 saturated heterocycles. The van der Waals surface area contributed by atoms with Crippen molar-refractivity contribution in [1.29, 1.82) is 0 Å². The molecule has 1 fully saturated rings. The van der Waals surface area contributed by atoms with Gasteiger partial charge in [-0.2, -0.15) is 0 Å². The fourth-order valence-electron chi connectivity index (χ4n) is 3.51. The number of hydrogen-bond acceptors (Lipinski definition) is 4. The molecular formula is C24H22BrN3O3. The third kappa shape index (κ3) is 4.94. The second-order valence-electron chi connectivity index (χ2n) is 7.38. The Kier molecular flexibility index (Phi) is 6.32. The first-order chi connectivity index (χ1) is 15.0. The molecular weight excluding hydrogens is 458 g/mol. The van der Waals surface area contributed by atoms with Crippen LogP contribution in [0.25, 0.3) is 0 Å². The Bertz CT molecular complexity index is 1110. The number of amides is 2. The molecule has 0 radical (unpaired) electrons. The molecule has 158 valence electrons. The fourth-order valence-corrected chi connectivity index (χ4v) is 3.89. The van der Waals surface area contributed by atoms with E-state index in [-0.39, 0.29) is 11.8 Å². The van der Waals surface area contributed by atoms with Gasteiger partial charge in [-0.15, -0.1) is 0 Å². The zero-order valence-corrected chi connectivity index (χ0v) is 18.7. The molecule has 0 aliphatic carbocycles. The molecule has 2 aromatic carbocycles. The first kappa shape index (κ1) is 21.1. The monoisotopic (exact) mass is 479 g/mol. The Balaban J connectivity index is 1.45. The molecule has 4 rings (SSSR count). The summed E-state index contributed by atoms with van der Waals surface area (Å²) in [6, 6.07) is 16.1. The van der Waals surface area contributed by atoms with Crippen LogP contribution in [0, 0.1) is 6.92 Å². The summed E-state index contributed by atoms with van der Waals surface area (Å²) in [6.07, 6.45) is 3.54. The van der Waals surface area contributed by atoms with Gasteiger partial charge in [-0.05, 0) is 61.7 Å². The second kappa shape index (κ2) is 9.31. The van der Waals surface area contributed by atoms with E-state index >= 15 is 0 Å². The number of ether oxygens (including phenoxy) is 1. The number of carbonyl (C=O) groups is 2. The third-order valence-corrected chi connectivity index (χ3v) is 5.72. The summed E-state index contributed by atoms with van der Waals surface area (Å²) in [5, 5.41) is 2.89. The van der Waals surface area contributed by atoms with Gasteiger partial charge in [0.1, 0.15) is 5.75 Å². The van der Waals surface area contributed by atoms with Crippen molar-refractivity contribution in [3.8, 4) is 11.6 Å². The van der Waals surface area contributed by atoms with Crippen molar-refractivity contribution in [2.45, 2.75) is 19.8 Å². The van der Waals surface area contributed by atoms with E-state index in [0.29, 0.717) is 28.4 Å². The standard InChI is InChI=1S/C24H22BrN3O3/c1-16-20(24(30)28-12-2-3-13-28)8-5-9-21(16)27-23(29)17-10-11-22(26-15-17)31-19-7-4-6-18(25)14-19/h4-11,14-15H,2-3,12-13H2,1H3,(H,27,29). The lowest BCUT2D eigenvalue weighted by Crippen LogP contribution is -2.28. The minimum Gasteiger partial charge on any atom is -0.439 e. The normalized spacial score (nSPS) is 13.2. The highest BCUT2D eigenvalue weighted by Crippen LogP contribution is 2.25. The lowest BCUT2D eigenvalue weighted by molar-refractivity contribution is 0.0791. The van der Waals surface area contributed by atoms with Crippen LogP contribution in [0.1, 0.15) is 39.1 Å². The number of pyridine rings is 1. The molecule has 1 aliphatic rings. The smallest absolute Gasteiger partial charge is 0.257 e. The molecule has 1 aromatic heterocycles. The molecule has 7 heteroatoms. The molecule has 0 unspecified atom stereocenters. The number of halogens is 1. The molecule has 0 bridgehead atoms. The summed E-state index contributed by atoms with van der Waals surface area (Å²) >= 11 is 3.40. The van der Waals surface area contributed by atoms with Crippen molar-refractivity contribution in [1.82, 2.24) is 9.88 Å². The van der Waals surface area contributed by atoms with E-state index in [9.17, 15) is 9.59 Å². The average molecular weight is 480 g/mol. The Morgan fingerprint density at radius 1 is 1.06 bits per heavy atom. The maximum atomic E-state index is 12.8. The van der Waals surface area contributed by atoms with Crippen LogP contribution in [0.15, 0.2) is 65.3 Å². The molecule has 31 heavy (non-hydrogen) atoms. The maximum absolute atomic E-state index is 12.8. The lowest BCUT2D eigenvalue weighted by Gasteiger charge is -2.18. The van der Waals surface area contributed by atoms with E-state index in [0.717, 1.165) is 36.0 Å². The Hall–Kier alpha value is -3.19. The van der Waals surface area contributed by atoms with Crippen molar-refractivity contribution < 1.29 is 14.3 Å². The van der Waals surface area contributed by atoms with E-state index in [1.807, 2.05) is 36.1 Å². The number of anilines is 1. The van der Waals surface area contributed by atoms with Gasteiger partial charge in [0.25, 0.3) is 11.8 Å². The third-order valence-electron chi connectivity index (χ3n) is 5.22. The summed E-state index contributed by atoms with van der Waals surface area (Å²) in [5.74, 6) is 0.760. The Labute approximate surface area is 189 Å². The van der Waals surface area contributed by atoms with E-state index in [1.165, 1.54) is 6.20 Å². The number of benzene rings is 2. The zero-order valence-electron chi connectivity index (χ0n) is 17.1. The van der Waals surface area contributed by atoms with Crippen LogP contribution in [0.2, 0.25) is 0 Å².